The summed E-state index contributed by atoms with van der Waals surface area (Å²) in [5.74, 6) is 1.37. The molecule has 122 valence electrons. The molecule has 0 aromatic heterocycles. The van der Waals surface area contributed by atoms with Gasteiger partial charge in [0.1, 0.15) is 11.3 Å². The lowest BCUT2D eigenvalue weighted by Crippen LogP contribution is -2.11. The molecule has 6 heteroatoms. The van der Waals surface area contributed by atoms with Crippen LogP contribution >= 0.6 is 0 Å². The van der Waals surface area contributed by atoms with Crippen LogP contribution in [0.25, 0.3) is 0 Å². The molecule has 6 nitrogen and oxygen atoms in total. The summed E-state index contributed by atoms with van der Waals surface area (Å²) >= 11 is 0. The van der Waals surface area contributed by atoms with Crippen LogP contribution in [0.3, 0.4) is 0 Å². The van der Waals surface area contributed by atoms with Gasteiger partial charge in [-0.3, -0.25) is 0 Å². The maximum absolute atomic E-state index is 12.5. The molecule has 0 spiro atoms. The van der Waals surface area contributed by atoms with Gasteiger partial charge in [0, 0.05) is 12.1 Å². The molecule has 0 atom stereocenters. The Balaban J connectivity index is 2.38. The number of para-hydroxylation sites is 2. The molecule has 0 saturated heterocycles. The van der Waals surface area contributed by atoms with Crippen LogP contribution in [0.15, 0.2) is 36.4 Å². The largest absolute Gasteiger partial charge is 0.496 e. The number of carbonyl (C=O) groups excluding carboxylic acids is 1. The highest BCUT2D eigenvalue weighted by Crippen LogP contribution is 2.35. The minimum absolute atomic E-state index is 0.219. The number of ether oxygens (including phenoxy) is 5. The lowest BCUT2D eigenvalue weighted by Gasteiger charge is -2.14. The Kier molecular flexibility index (Phi) is 5.30. The molecule has 0 unspecified atom stereocenters. The van der Waals surface area contributed by atoms with Crippen molar-refractivity contribution in [1.82, 2.24) is 0 Å². The van der Waals surface area contributed by atoms with Crippen LogP contribution in [0.5, 0.6) is 28.7 Å². The van der Waals surface area contributed by atoms with Crippen molar-refractivity contribution < 1.29 is 28.5 Å². The minimum atomic E-state index is -0.590. The van der Waals surface area contributed by atoms with Gasteiger partial charge in [-0.2, -0.15) is 0 Å². The molecule has 2 aromatic carbocycles. The fraction of sp³-hybridized carbons (Fsp3) is 0.235. The first-order chi connectivity index (χ1) is 11.1. The molecule has 0 amide bonds. The predicted molar refractivity (Wildman–Crippen MR) is 84.1 cm³/mol. The SMILES string of the molecule is COc1cc(OC)c(C(=O)Oc2ccccc2OC)cc1OC. The predicted octanol–water partition coefficient (Wildman–Crippen LogP) is 2.94. The molecular weight excluding hydrogens is 300 g/mol. The van der Waals surface area contributed by atoms with E-state index in [1.165, 1.54) is 34.5 Å². The van der Waals surface area contributed by atoms with E-state index in [1.54, 1.807) is 30.3 Å². The number of benzene rings is 2. The number of esters is 1. The number of carbonyl (C=O) groups is 1. The van der Waals surface area contributed by atoms with E-state index in [1.807, 2.05) is 0 Å². The van der Waals surface area contributed by atoms with Crippen LogP contribution in [0.2, 0.25) is 0 Å². The smallest absolute Gasteiger partial charge is 0.347 e. The van der Waals surface area contributed by atoms with Crippen molar-refractivity contribution in [1.29, 1.82) is 0 Å². The molecule has 0 saturated carbocycles. The second kappa shape index (κ2) is 7.40. The van der Waals surface area contributed by atoms with Crippen LogP contribution in [-0.4, -0.2) is 34.4 Å². The maximum atomic E-state index is 12.5. The van der Waals surface area contributed by atoms with E-state index in [-0.39, 0.29) is 5.56 Å². The van der Waals surface area contributed by atoms with Gasteiger partial charge in [-0.25, -0.2) is 4.79 Å². The Morgan fingerprint density at radius 2 is 1.22 bits per heavy atom. The summed E-state index contributed by atoms with van der Waals surface area (Å²) in [6, 6.07) is 9.95. The van der Waals surface area contributed by atoms with E-state index < -0.39 is 5.97 Å². The van der Waals surface area contributed by atoms with Gasteiger partial charge in [0.2, 0.25) is 0 Å². The Labute approximate surface area is 134 Å². The molecule has 0 heterocycles. The van der Waals surface area contributed by atoms with E-state index in [9.17, 15) is 4.79 Å². The van der Waals surface area contributed by atoms with E-state index in [2.05, 4.69) is 0 Å². The summed E-state index contributed by atoms with van der Waals surface area (Å²) in [6.07, 6.45) is 0. The molecule has 0 aliphatic heterocycles. The van der Waals surface area contributed by atoms with Crippen molar-refractivity contribution in [3.05, 3.63) is 42.0 Å². The Morgan fingerprint density at radius 3 is 1.78 bits per heavy atom. The Morgan fingerprint density at radius 1 is 0.696 bits per heavy atom. The number of rotatable bonds is 6. The highest BCUT2D eigenvalue weighted by molar-refractivity contribution is 5.95. The third-order valence-electron chi connectivity index (χ3n) is 3.20. The van der Waals surface area contributed by atoms with Crippen LogP contribution in [0, 0.1) is 0 Å². The molecule has 0 bridgehead atoms. The normalized spacial score (nSPS) is 9.91. The van der Waals surface area contributed by atoms with Crippen molar-refractivity contribution in [3.8, 4) is 28.7 Å². The summed E-state index contributed by atoms with van der Waals surface area (Å²) in [7, 11) is 5.95. The Bertz CT molecular complexity index is 695. The summed E-state index contributed by atoms with van der Waals surface area (Å²) in [6.45, 7) is 0. The first-order valence-corrected chi connectivity index (χ1v) is 6.79. The molecule has 0 fully saturated rings. The van der Waals surface area contributed by atoms with Gasteiger partial charge in [0.05, 0.1) is 28.4 Å². The molecule has 0 N–H and O–H groups in total. The van der Waals surface area contributed by atoms with E-state index >= 15 is 0 Å². The zero-order valence-electron chi connectivity index (χ0n) is 13.4. The fourth-order valence-corrected chi connectivity index (χ4v) is 2.05. The van der Waals surface area contributed by atoms with Gasteiger partial charge in [-0.15, -0.1) is 0 Å². The lowest BCUT2D eigenvalue weighted by molar-refractivity contribution is 0.0725. The van der Waals surface area contributed by atoms with Gasteiger partial charge in [0.15, 0.2) is 23.0 Å². The van der Waals surface area contributed by atoms with Gasteiger partial charge in [0.25, 0.3) is 0 Å². The van der Waals surface area contributed by atoms with Gasteiger partial charge < -0.3 is 23.7 Å². The van der Waals surface area contributed by atoms with Gasteiger partial charge in [-0.1, -0.05) is 12.1 Å². The number of hydrogen-bond donors (Lipinski definition) is 0. The molecular formula is C17H18O6. The monoisotopic (exact) mass is 318 g/mol. The van der Waals surface area contributed by atoms with Crippen molar-refractivity contribution in [2.24, 2.45) is 0 Å². The summed E-state index contributed by atoms with van der Waals surface area (Å²) in [5, 5.41) is 0. The average Bonchev–Trinajstić information content (AvgIpc) is 2.60. The topological polar surface area (TPSA) is 63.2 Å². The Hall–Kier alpha value is -2.89. The van der Waals surface area contributed by atoms with Crippen molar-refractivity contribution >= 4 is 5.97 Å². The fourth-order valence-electron chi connectivity index (χ4n) is 2.05. The molecule has 2 rings (SSSR count). The number of hydrogen-bond acceptors (Lipinski definition) is 6. The van der Waals surface area contributed by atoms with Crippen LogP contribution in [-0.2, 0) is 0 Å². The molecule has 0 aliphatic rings. The van der Waals surface area contributed by atoms with Crippen molar-refractivity contribution in [2.75, 3.05) is 28.4 Å². The molecule has 23 heavy (non-hydrogen) atoms. The van der Waals surface area contributed by atoms with E-state index in [0.717, 1.165) is 0 Å². The molecule has 0 radical (unpaired) electrons. The first-order valence-electron chi connectivity index (χ1n) is 6.79. The summed E-state index contributed by atoms with van der Waals surface area (Å²) in [5.41, 5.74) is 0.219. The zero-order valence-corrected chi connectivity index (χ0v) is 13.4. The second-order valence-corrected chi connectivity index (χ2v) is 4.45. The molecule has 2 aromatic rings. The first kappa shape index (κ1) is 16.5. The number of methoxy groups -OCH3 is 4. The van der Waals surface area contributed by atoms with E-state index in [0.29, 0.717) is 28.7 Å². The average molecular weight is 318 g/mol. The van der Waals surface area contributed by atoms with Gasteiger partial charge >= 0.3 is 5.97 Å². The van der Waals surface area contributed by atoms with Crippen LogP contribution in [0.4, 0.5) is 0 Å². The van der Waals surface area contributed by atoms with E-state index in [4.69, 9.17) is 23.7 Å². The maximum Gasteiger partial charge on any atom is 0.347 e. The highest BCUT2D eigenvalue weighted by Gasteiger charge is 2.20. The molecule has 0 aliphatic carbocycles. The van der Waals surface area contributed by atoms with Crippen LogP contribution in [0.1, 0.15) is 10.4 Å². The third kappa shape index (κ3) is 3.48. The third-order valence-corrected chi connectivity index (χ3v) is 3.20. The summed E-state index contributed by atoms with van der Waals surface area (Å²) < 4.78 is 26.2. The van der Waals surface area contributed by atoms with Crippen LogP contribution < -0.4 is 23.7 Å². The minimum Gasteiger partial charge on any atom is -0.496 e. The van der Waals surface area contributed by atoms with Gasteiger partial charge in [-0.05, 0) is 12.1 Å². The zero-order chi connectivity index (χ0) is 16.8. The van der Waals surface area contributed by atoms with Crippen molar-refractivity contribution in [3.63, 3.8) is 0 Å². The second-order valence-electron chi connectivity index (χ2n) is 4.45. The highest BCUT2D eigenvalue weighted by atomic mass is 16.6. The standard InChI is InChI=1S/C17H18O6/c1-19-12-7-5-6-8-13(12)23-17(18)11-9-15(21-3)16(22-4)10-14(11)20-2/h5-10H,1-4H3. The summed E-state index contributed by atoms with van der Waals surface area (Å²) in [4.78, 5) is 12.5. The lowest BCUT2D eigenvalue weighted by atomic mass is 10.1. The quantitative estimate of drug-likeness (QED) is 0.603. The van der Waals surface area contributed by atoms with Crippen molar-refractivity contribution in [2.45, 2.75) is 0 Å².